The van der Waals surface area contributed by atoms with Gasteiger partial charge < -0.3 is 5.32 Å². The standard InChI is InChI=1S/C11H7Cl2N3O/c12-8-3-1-2-7(4-8)11(17)16-10-6-14-9(13)5-15-10/h1-6H,(H,15,16,17). The van der Waals surface area contributed by atoms with E-state index in [1.807, 2.05) is 0 Å². The van der Waals surface area contributed by atoms with Crippen LogP contribution in [0.25, 0.3) is 0 Å². The van der Waals surface area contributed by atoms with Crippen LogP contribution in [0, 0.1) is 0 Å². The zero-order chi connectivity index (χ0) is 12.3. The summed E-state index contributed by atoms with van der Waals surface area (Å²) >= 11 is 11.4. The van der Waals surface area contributed by atoms with Crippen molar-refractivity contribution >= 4 is 34.9 Å². The topological polar surface area (TPSA) is 54.9 Å². The molecule has 0 saturated heterocycles. The highest BCUT2D eigenvalue weighted by Crippen LogP contribution is 2.12. The second-order valence-electron chi connectivity index (χ2n) is 3.19. The van der Waals surface area contributed by atoms with Gasteiger partial charge in [0.1, 0.15) is 5.15 Å². The quantitative estimate of drug-likeness (QED) is 0.910. The second kappa shape index (κ2) is 5.12. The maximum atomic E-state index is 11.8. The Balaban J connectivity index is 2.14. The number of benzene rings is 1. The van der Waals surface area contributed by atoms with E-state index in [9.17, 15) is 4.79 Å². The molecule has 1 aromatic heterocycles. The summed E-state index contributed by atoms with van der Waals surface area (Å²) in [6, 6.07) is 6.62. The Bertz CT molecular complexity index is 543. The van der Waals surface area contributed by atoms with Crippen molar-refractivity contribution in [1.82, 2.24) is 9.97 Å². The number of rotatable bonds is 2. The number of hydrogen-bond donors (Lipinski definition) is 1. The van der Waals surface area contributed by atoms with E-state index >= 15 is 0 Å². The number of nitrogens with one attached hydrogen (secondary N) is 1. The number of hydrogen-bond acceptors (Lipinski definition) is 3. The van der Waals surface area contributed by atoms with Crippen LogP contribution < -0.4 is 5.32 Å². The van der Waals surface area contributed by atoms with Crippen LogP contribution >= 0.6 is 23.2 Å². The van der Waals surface area contributed by atoms with Gasteiger partial charge >= 0.3 is 0 Å². The zero-order valence-electron chi connectivity index (χ0n) is 8.52. The average Bonchev–Trinajstić information content (AvgIpc) is 2.32. The van der Waals surface area contributed by atoms with E-state index in [0.717, 1.165) is 0 Å². The molecule has 2 aromatic rings. The molecule has 0 unspecified atom stereocenters. The Morgan fingerprint density at radius 2 is 2.00 bits per heavy atom. The van der Waals surface area contributed by atoms with E-state index in [0.29, 0.717) is 16.4 Å². The van der Waals surface area contributed by atoms with E-state index in [4.69, 9.17) is 23.2 Å². The van der Waals surface area contributed by atoms with E-state index in [-0.39, 0.29) is 11.1 Å². The van der Waals surface area contributed by atoms with E-state index < -0.39 is 0 Å². The van der Waals surface area contributed by atoms with Crippen LogP contribution in [0.3, 0.4) is 0 Å². The van der Waals surface area contributed by atoms with Gasteiger partial charge in [-0.2, -0.15) is 0 Å². The van der Waals surface area contributed by atoms with Gasteiger partial charge in [-0.1, -0.05) is 29.3 Å². The number of anilines is 1. The van der Waals surface area contributed by atoms with Crippen molar-refractivity contribution < 1.29 is 4.79 Å². The molecule has 0 spiro atoms. The van der Waals surface area contributed by atoms with Crippen molar-refractivity contribution in [1.29, 1.82) is 0 Å². The molecule has 0 fully saturated rings. The van der Waals surface area contributed by atoms with Gasteiger partial charge in [0.2, 0.25) is 0 Å². The van der Waals surface area contributed by atoms with E-state index in [2.05, 4.69) is 15.3 Å². The number of carbonyl (C=O) groups excluding carboxylic acids is 1. The van der Waals surface area contributed by atoms with Crippen LogP contribution in [0.1, 0.15) is 10.4 Å². The second-order valence-corrected chi connectivity index (χ2v) is 4.01. The summed E-state index contributed by atoms with van der Waals surface area (Å²) in [4.78, 5) is 19.5. The molecule has 86 valence electrons. The van der Waals surface area contributed by atoms with E-state index in [1.54, 1.807) is 24.3 Å². The molecule has 6 heteroatoms. The van der Waals surface area contributed by atoms with Crippen molar-refractivity contribution in [3.63, 3.8) is 0 Å². The lowest BCUT2D eigenvalue weighted by Crippen LogP contribution is -2.12. The molecule has 0 saturated carbocycles. The zero-order valence-corrected chi connectivity index (χ0v) is 10.0. The summed E-state index contributed by atoms with van der Waals surface area (Å²) in [5.74, 6) is 0.0310. The van der Waals surface area contributed by atoms with Crippen molar-refractivity contribution in [3.8, 4) is 0 Å². The number of nitrogens with zero attached hydrogens (tertiary/aromatic N) is 2. The van der Waals surface area contributed by atoms with Gasteiger partial charge in [-0.15, -0.1) is 0 Å². The predicted octanol–water partition coefficient (Wildman–Crippen LogP) is 3.04. The third-order valence-corrected chi connectivity index (χ3v) is 2.38. The van der Waals surface area contributed by atoms with Crippen LogP contribution in [-0.4, -0.2) is 15.9 Å². The molecule has 1 amide bonds. The minimum Gasteiger partial charge on any atom is -0.305 e. The monoisotopic (exact) mass is 267 g/mol. The molecule has 1 heterocycles. The van der Waals surface area contributed by atoms with Gasteiger partial charge in [-0.25, -0.2) is 9.97 Å². The summed E-state index contributed by atoms with van der Waals surface area (Å²) in [5.41, 5.74) is 0.453. The Morgan fingerprint density at radius 3 is 2.65 bits per heavy atom. The maximum absolute atomic E-state index is 11.8. The molecular formula is C11H7Cl2N3O. The highest BCUT2D eigenvalue weighted by Gasteiger charge is 2.07. The molecule has 1 aromatic carbocycles. The molecule has 0 aliphatic rings. The molecule has 4 nitrogen and oxygen atoms in total. The van der Waals surface area contributed by atoms with Crippen LogP contribution in [0.2, 0.25) is 10.2 Å². The molecule has 1 N–H and O–H groups in total. The van der Waals surface area contributed by atoms with Crippen molar-refractivity contribution in [2.45, 2.75) is 0 Å². The SMILES string of the molecule is O=C(Nc1cnc(Cl)cn1)c1cccc(Cl)c1. The van der Waals surface area contributed by atoms with Gasteiger partial charge in [0.15, 0.2) is 5.82 Å². The minimum absolute atomic E-state index is 0.269. The minimum atomic E-state index is -0.302. The first kappa shape index (κ1) is 11.8. The van der Waals surface area contributed by atoms with Crippen LogP contribution in [-0.2, 0) is 0 Å². The van der Waals surface area contributed by atoms with Gasteiger partial charge in [0, 0.05) is 10.6 Å². The molecule has 0 radical (unpaired) electrons. The first-order chi connectivity index (χ1) is 8.15. The molecule has 0 atom stereocenters. The maximum Gasteiger partial charge on any atom is 0.256 e. The van der Waals surface area contributed by atoms with Gasteiger partial charge in [0.25, 0.3) is 5.91 Å². The van der Waals surface area contributed by atoms with Crippen LogP contribution in [0.15, 0.2) is 36.7 Å². The predicted molar refractivity (Wildman–Crippen MR) is 66.4 cm³/mol. The Hall–Kier alpha value is -1.65. The number of amides is 1. The van der Waals surface area contributed by atoms with Crippen LogP contribution in [0.5, 0.6) is 0 Å². The third-order valence-electron chi connectivity index (χ3n) is 1.95. The Kier molecular flexibility index (Phi) is 3.56. The molecule has 0 bridgehead atoms. The first-order valence-electron chi connectivity index (χ1n) is 4.69. The highest BCUT2D eigenvalue weighted by molar-refractivity contribution is 6.31. The summed E-state index contributed by atoms with van der Waals surface area (Å²) in [6.45, 7) is 0. The molecule has 0 aliphatic heterocycles. The van der Waals surface area contributed by atoms with Crippen LogP contribution in [0.4, 0.5) is 5.82 Å². The average molecular weight is 268 g/mol. The van der Waals surface area contributed by atoms with Gasteiger partial charge in [-0.3, -0.25) is 4.79 Å². The lowest BCUT2D eigenvalue weighted by molar-refractivity contribution is 0.102. The fourth-order valence-electron chi connectivity index (χ4n) is 1.20. The summed E-state index contributed by atoms with van der Waals surface area (Å²) < 4.78 is 0. The summed E-state index contributed by atoms with van der Waals surface area (Å²) in [5, 5.41) is 3.35. The highest BCUT2D eigenvalue weighted by atomic mass is 35.5. The Morgan fingerprint density at radius 1 is 1.18 bits per heavy atom. The number of halogens is 2. The normalized spacial score (nSPS) is 10.0. The largest absolute Gasteiger partial charge is 0.305 e. The van der Waals surface area contributed by atoms with Crippen molar-refractivity contribution in [2.24, 2.45) is 0 Å². The van der Waals surface area contributed by atoms with E-state index in [1.165, 1.54) is 12.4 Å². The summed E-state index contributed by atoms with van der Waals surface area (Å²) in [7, 11) is 0. The number of carbonyl (C=O) groups is 1. The van der Waals surface area contributed by atoms with Crippen molar-refractivity contribution in [2.75, 3.05) is 5.32 Å². The molecule has 0 aliphatic carbocycles. The van der Waals surface area contributed by atoms with Crippen molar-refractivity contribution in [3.05, 3.63) is 52.4 Å². The lowest BCUT2D eigenvalue weighted by atomic mass is 10.2. The smallest absolute Gasteiger partial charge is 0.256 e. The third kappa shape index (κ3) is 3.15. The lowest BCUT2D eigenvalue weighted by Gasteiger charge is -2.03. The Labute approximate surface area is 108 Å². The fraction of sp³-hybridized carbons (Fsp3) is 0. The molecule has 2 rings (SSSR count). The molecular weight excluding hydrogens is 261 g/mol. The summed E-state index contributed by atoms with van der Waals surface area (Å²) in [6.07, 6.45) is 2.74. The van der Waals surface area contributed by atoms with Gasteiger partial charge in [0.05, 0.1) is 12.4 Å². The van der Waals surface area contributed by atoms with Gasteiger partial charge in [-0.05, 0) is 18.2 Å². The fourth-order valence-corrected chi connectivity index (χ4v) is 1.48. The number of aromatic nitrogens is 2. The first-order valence-corrected chi connectivity index (χ1v) is 5.45. The molecule has 17 heavy (non-hydrogen) atoms.